The van der Waals surface area contributed by atoms with E-state index in [1.807, 2.05) is 0 Å². The van der Waals surface area contributed by atoms with Crippen LogP contribution >= 0.6 is 0 Å². The molecule has 0 aliphatic heterocycles. The Labute approximate surface area is 104 Å². The third-order valence-electron chi connectivity index (χ3n) is 6.34. The van der Waals surface area contributed by atoms with Crippen molar-refractivity contribution in [1.29, 1.82) is 0 Å². The van der Waals surface area contributed by atoms with Gasteiger partial charge in [0.2, 0.25) is 0 Å². The Balaban J connectivity index is 2.00. The lowest BCUT2D eigenvalue weighted by atomic mass is 9.55. The summed E-state index contributed by atoms with van der Waals surface area (Å²) in [5, 5.41) is 9.85. The molecule has 3 aliphatic carbocycles. The van der Waals surface area contributed by atoms with Gasteiger partial charge >= 0.3 is 0 Å². The van der Waals surface area contributed by atoms with Crippen molar-refractivity contribution >= 4 is 5.78 Å². The topological polar surface area (TPSA) is 37.3 Å². The number of fused-ring (bicyclic) bond motifs is 3. The van der Waals surface area contributed by atoms with Gasteiger partial charge in [-0.3, -0.25) is 4.79 Å². The number of Topliss-reactive ketones (excluding diaryl/α,β-unsaturated/α-hetero) is 1. The third-order valence-corrected chi connectivity index (χ3v) is 6.34. The second-order valence-electron chi connectivity index (χ2n) is 7.27. The molecular weight excluding hydrogens is 212 g/mol. The second kappa shape index (κ2) is 3.34. The zero-order valence-corrected chi connectivity index (χ0v) is 11.2. The van der Waals surface area contributed by atoms with Crippen LogP contribution in [0.15, 0.2) is 0 Å². The molecule has 0 unspecified atom stereocenters. The molecule has 1 N–H and O–H groups in total. The fraction of sp³-hybridized carbons (Fsp3) is 0.933. The summed E-state index contributed by atoms with van der Waals surface area (Å²) in [5.74, 6) is 2.89. The maximum Gasteiger partial charge on any atom is 0.141 e. The van der Waals surface area contributed by atoms with E-state index in [0.717, 1.165) is 25.2 Å². The number of hydrogen-bond donors (Lipinski definition) is 1. The minimum absolute atomic E-state index is 0.0835. The number of ketones is 1. The number of carbonyl (C=O) groups is 1. The highest BCUT2D eigenvalue weighted by Gasteiger charge is 2.70. The first-order valence-corrected chi connectivity index (χ1v) is 7.09. The highest BCUT2D eigenvalue weighted by molar-refractivity contribution is 5.86. The largest absolute Gasteiger partial charge is 0.395 e. The molecule has 0 aromatic rings. The van der Waals surface area contributed by atoms with Crippen LogP contribution in [0.5, 0.6) is 0 Å². The lowest BCUT2D eigenvalue weighted by molar-refractivity contribution is -0.146. The third kappa shape index (κ3) is 1.28. The van der Waals surface area contributed by atoms with Crippen LogP contribution in [0.25, 0.3) is 0 Å². The first kappa shape index (κ1) is 11.7. The Morgan fingerprint density at radius 3 is 2.65 bits per heavy atom. The highest BCUT2D eigenvalue weighted by atomic mass is 16.3. The lowest BCUT2D eigenvalue weighted by Crippen LogP contribution is -2.51. The van der Waals surface area contributed by atoms with Crippen molar-refractivity contribution in [2.75, 3.05) is 6.61 Å². The Bertz CT molecular complexity index is 360. The summed E-state index contributed by atoms with van der Waals surface area (Å²) in [4.78, 5) is 12.3. The first-order valence-electron chi connectivity index (χ1n) is 7.09. The van der Waals surface area contributed by atoms with Gasteiger partial charge in [-0.1, -0.05) is 20.8 Å². The molecule has 96 valence electrons. The van der Waals surface area contributed by atoms with Crippen LogP contribution in [0.2, 0.25) is 0 Å². The molecule has 5 atom stereocenters. The molecule has 3 aliphatic rings. The second-order valence-corrected chi connectivity index (χ2v) is 7.27. The number of carbonyl (C=O) groups excluding carboxylic acids is 1. The van der Waals surface area contributed by atoms with Crippen molar-refractivity contribution in [2.45, 2.75) is 46.5 Å². The number of rotatable bonds is 1. The molecule has 2 heteroatoms. The predicted octanol–water partition coefficient (Wildman–Crippen LogP) is 2.65. The minimum atomic E-state index is -0.368. The average Bonchev–Trinajstić information content (AvgIpc) is 2.86. The fourth-order valence-electron chi connectivity index (χ4n) is 5.26. The van der Waals surface area contributed by atoms with Gasteiger partial charge in [-0.25, -0.2) is 0 Å². The Kier molecular flexibility index (Phi) is 2.30. The van der Waals surface area contributed by atoms with Gasteiger partial charge in [0.1, 0.15) is 5.78 Å². The van der Waals surface area contributed by atoms with Crippen LogP contribution in [-0.4, -0.2) is 17.5 Å². The zero-order valence-electron chi connectivity index (χ0n) is 11.2. The van der Waals surface area contributed by atoms with Crippen molar-refractivity contribution in [2.24, 2.45) is 34.5 Å². The van der Waals surface area contributed by atoms with Crippen LogP contribution in [0.4, 0.5) is 0 Å². The van der Waals surface area contributed by atoms with Crippen molar-refractivity contribution in [3.8, 4) is 0 Å². The maximum absolute atomic E-state index is 12.3. The molecule has 3 fully saturated rings. The van der Waals surface area contributed by atoms with Gasteiger partial charge in [0.25, 0.3) is 0 Å². The molecule has 3 rings (SSSR count). The van der Waals surface area contributed by atoms with Crippen molar-refractivity contribution < 1.29 is 9.90 Å². The van der Waals surface area contributed by atoms with Gasteiger partial charge in [-0.2, -0.15) is 0 Å². The van der Waals surface area contributed by atoms with Crippen molar-refractivity contribution in [3.05, 3.63) is 0 Å². The normalized spacial score (nSPS) is 51.6. The molecule has 0 aromatic heterocycles. The van der Waals surface area contributed by atoms with E-state index in [4.69, 9.17) is 0 Å². The maximum atomic E-state index is 12.3. The molecule has 2 nitrogen and oxygen atoms in total. The number of aliphatic hydroxyl groups is 1. The van der Waals surface area contributed by atoms with E-state index in [1.165, 1.54) is 0 Å². The summed E-state index contributed by atoms with van der Waals surface area (Å²) in [6.07, 6.45) is 3.80. The monoisotopic (exact) mass is 236 g/mol. The lowest BCUT2D eigenvalue weighted by Gasteiger charge is -2.48. The summed E-state index contributed by atoms with van der Waals surface area (Å²) in [5.41, 5.74) is 0.0417. The predicted molar refractivity (Wildman–Crippen MR) is 66.4 cm³/mol. The van der Waals surface area contributed by atoms with Gasteiger partial charge in [-0.15, -0.1) is 0 Å². The van der Waals surface area contributed by atoms with E-state index in [9.17, 15) is 9.90 Å². The van der Waals surface area contributed by atoms with Crippen LogP contribution in [0.3, 0.4) is 0 Å². The van der Waals surface area contributed by atoms with Gasteiger partial charge in [0, 0.05) is 6.42 Å². The van der Waals surface area contributed by atoms with Crippen molar-refractivity contribution in [1.82, 2.24) is 0 Å². The molecule has 0 saturated heterocycles. The Hall–Kier alpha value is -0.370. The van der Waals surface area contributed by atoms with Gasteiger partial charge < -0.3 is 5.11 Å². The van der Waals surface area contributed by atoms with Crippen LogP contribution in [-0.2, 0) is 4.79 Å². The quantitative estimate of drug-likeness (QED) is 0.760. The molecular formula is C15H24O2. The van der Waals surface area contributed by atoms with Crippen LogP contribution in [0, 0.1) is 34.5 Å². The van der Waals surface area contributed by atoms with E-state index in [1.54, 1.807) is 0 Å². The van der Waals surface area contributed by atoms with E-state index in [-0.39, 0.29) is 12.0 Å². The molecule has 0 heterocycles. The SMILES string of the molecule is C[C@@H]1CCC(=O)[C@]2(CO)CC[C@@H]3[C@H]([C@H]12)C3(C)C. The smallest absolute Gasteiger partial charge is 0.141 e. The fourth-order valence-corrected chi connectivity index (χ4v) is 5.26. The zero-order chi connectivity index (χ0) is 12.4. The summed E-state index contributed by atoms with van der Waals surface area (Å²) in [6, 6.07) is 0. The molecule has 0 amide bonds. The van der Waals surface area contributed by atoms with Gasteiger partial charge in [-0.05, 0) is 48.3 Å². The number of aliphatic hydroxyl groups excluding tert-OH is 1. The van der Waals surface area contributed by atoms with Crippen LogP contribution in [0.1, 0.15) is 46.5 Å². The Morgan fingerprint density at radius 1 is 1.29 bits per heavy atom. The summed E-state index contributed by atoms with van der Waals surface area (Å²) >= 11 is 0. The Morgan fingerprint density at radius 2 is 2.00 bits per heavy atom. The van der Waals surface area contributed by atoms with E-state index in [2.05, 4.69) is 20.8 Å². The molecule has 0 radical (unpaired) electrons. The average molecular weight is 236 g/mol. The summed E-state index contributed by atoms with van der Waals surface area (Å²) in [6.45, 7) is 7.07. The van der Waals surface area contributed by atoms with Gasteiger partial charge in [0.15, 0.2) is 0 Å². The molecule has 0 aromatic carbocycles. The molecule has 17 heavy (non-hydrogen) atoms. The van der Waals surface area contributed by atoms with Gasteiger partial charge in [0.05, 0.1) is 12.0 Å². The standard InChI is InChI=1S/C15H24O2/c1-9-4-5-11(17)15(8-16)7-6-10-13(12(9)15)14(10,2)3/h9-10,12-13,16H,4-8H2,1-3H3/t9-,10-,12+,13-,15-/m1/s1. The molecule has 0 bridgehead atoms. The van der Waals surface area contributed by atoms with Crippen molar-refractivity contribution in [3.63, 3.8) is 0 Å². The van der Waals surface area contributed by atoms with E-state index in [0.29, 0.717) is 35.4 Å². The van der Waals surface area contributed by atoms with Crippen LogP contribution < -0.4 is 0 Å². The summed E-state index contributed by atoms with van der Waals surface area (Å²) < 4.78 is 0. The minimum Gasteiger partial charge on any atom is -0.395 e. The number of hydrogen-bond acceptors (Lipinski definition) is 2. The van der Waals surface area contributed by atoms with E-state index < -0.39 is 0 Å². The summed E-state index contributed by atoms with van der Waals surface area (Å²) in [7, 11) is 0. The molecule has 0 spiro atoms. The van der Waals surface area contributed by atoms with E-state index >= 15 is 0 Å². The molecule has 3 saturated carbocycles. The highest BCUT2D eigenvalue weighted by Crippen LogP contribution is 2.73. The first-order chi connectivity index (χ1) is 7.95.